The molecule has 1 saturated heterocycles. The van der Waals surface area contributed by atoms with Gasteiger partial charge in [0.2, 0.25) is 11.8 Å². The molecule has 2 N–H and O–H groups in total. The molecule has 1 fully saturated rings. The number of amides is 2. The van der Waals surface area contributed by atoms with Crippen molar-refractivity contribution in [3.8, 4) is 0 Å². The van der Waals surface area contributed by atoms with E-state index in [4.69, 9.17) is 0 Å². The van der Waals surface area contributed by atoms with E-state index >= 15 is 0 Å². The fraction of sp³-hybridized carbons (Fsp3) is 0.833. The summed E-state index contributed by atoms with van der Waals surface area (Å²) in [5.41, 5.74) is 0. The molecule has 98 valence electrons. The molecule has 0 aromatic heterocycles. The lowest BCUT2D eigenvalue weighted by molar-refractivity contribution is -0.139. The Morgan fingerprint density at radius 2 is 2.24 bits per heavy atom. The Hall–Kier alpha value is -1.10. The van der Waals surface area contributed by atoms with E-state index in [1.54, 1.807) is 11.9 Å². The van der Waals surface area contributed by atoms with Crippen molar-refractivity contribution in [1.82, 2.24) is 15.5 Å². The number of hydrogen-bond acceptors (Lipinski definition) is 3. The number of nitrogens with zero attached hydrogens (tertiary/aromatic N) is 1. The zero-order valence-corrected chi connectivity index (χ0v) is 10.8. The number of carbonyl (C=O) groups excluding carboxylic acids is 2. The van der Waals surface area contributed by atoms with E-state index in [1.165, 1.54) is 0 Å². The third-order valence-corrected chi connectivity index (χ3v) is 3.06. The topological polar surface area (TPSA) is 61.4 Å². The standard InChI is InChI=1S/C12H23N3O2/c1-3-7-15(9-11(16)13-2)12(17)10-5-4-6-14-8-10/h10,14H,3-9H2,1-2H3,(H,13,16). The lowest BCUT2D eigenvalue weighted by atomic mass is 9.98. The molecule has 1 rings (SSSR count). The quantitative estimate of drug-likeness (QED) is 0.710. The van der Waals surface area contributed by atoms with E-state index in [1.807, 2.05) is 6.92 Å². The lowest BCUT2D eigenvalue weighted by Crippen LogP contribution is -2.46. The second kappa shape index (κ2) is 7.27. The Kier molecular flexibility index (Phi) is 5.97. The highest BCUT2D eigenvalue weighted by molar-refractivity contribution is 5.85. The molecular weight excluding hydrogens is 218 g/mol. The monoisotopic (exact) mass is 241 g/mol. The van der Waals surface area contributed by atoms with E-state index in [0.717, 1.165) is 32.4 Å². The summed E-state index contributed by atoms with van der Waals surface area (Å²) in [5.74, 6) is 0.0539. The number of piperidine rings is 1. The van der Waals surface area contributed by atoms with Crippen LogP contribution in [-0.2, 0) is 9.59 Å². The van der Waals surface area contributed by atoms with Gasteiger partial charge in [-0.2, -0.15) is 0 Å². The summed E-state index contributed by atoms with van der Waals surface area (Å²) < 4.78 is 0. The van der Waals surface area contributed by atoms with Crippen molar-refractivity contribution in [2.75, 3.05) is 33.2 Å². The molecule has 0 aliphatic carbocycles. The highest BCUT2D eigenvalue weighted by Gasteiger charge is 2.26. The summed E-state index contributed by atoms with van der Waals surface area (Å²) in [7, 11) is 1.60. The van der Waals surface area contributed by atoms with E-state index in [2.05, 4.69) is 10.6 Å². The smallest absolute Gasteiger partial charge is 0.239 e. The number of nitrogens with one attached hydrogen (secondary N) is 2. The van der Waals surface area contributed by atoms with Crippen molar-refractivity contribution in [3.63, 3.8) is 0 Å². The van der Waals surface area contributed by atoms with Crippen molar-refractivity contribution in [2.45, 2.75) is 26.2 Å². The van der Waals surface area contributed by atoms with Crippen LogP contribution in [0, 0.1) is 5.92 Å². The van der Waals surface area contributed by atoms with Crippen LogP contribution >= 0.6 is 0 Å². The average molecular weight is 241 g/mol. The van der Waals surface area contributed by atoms with Gasteiger partial charge in [-0.15, -0.1) is 0 Å². The molecule has 5 nitrogen and oxygen atoms in total. The summed E-state index contributed by atoms with van der Waals surface area (Å²) >= 11 is 0. The Morgan fingerprint density at radius 3 is 2.76 bits per heavy atom. The van der Waals surface area contributed by atoms with Crippen LogP contribution in [0.1, 0.15) is 26.2 Å². The first-order chi connectivity index (χ1) is 8.19. The normalized spacial score (nSPS) is 19.8. The van der Waals surface area contributed by atoms with E-state index in [-0.39, 0.29) is 24.3 Å². The average Bonchev–Trinajstić information content (AvgIpc) is 2.38. The molecule has 0 bridgehead atoms. The second-order valence-corrected chi connectivity index (χ2v) is 4.48. The molecule has 17 heavy (non-hydrogen) atoms. The number of rotatable bonds is 5. The summed E-state index contributed by atoms with van der Waals surface area (Å²) in [5, 5.41) is 5.80. The minimum Gasteiger partial charge on any atom is -0.358 e. The summed E-state index contributed by atoms with van der Waals surface area (Å²) in [4.78, 5) is 25.3. The fourth-order valence-corrected chi connectivity index (χ4v) is 2.11. The van der Waals surface area contributed by atoms with Gasteiger partial charge in [-0.1, -0.05) is 6.92 Å². The van der Waals surface area contributed by atoms with Crippen molar-refractivity contribution in [3.05, 3.63) is 0 Å². The van der Waals surface area contributed by atoms with Crippen LogP contribution in [0.25, 0.3) is 0 Å². The van der Waals surface area contributed by atoms with Crippen molar-refractivity contribution in [1.29, 1.82) is 0 Å². The van der Waals surface area contributed by atoms with Gasteiger partial charge in [-0.25, -0.2) is 0 Å². The SMILES string of the molecule is CCCN(CC(=O)NC)C(=O)C1CCCNC1. The minimum atomic E-state index is -0.101. The van der Waals surface area contributed by atoms with Gasteiger partial charge in [0.05, 0.1) is 12.5 Å². The van der Waals surface area contributed by atoms with E-state index in [0.29, 0.717) is 6.54 Å². The van der Waals surface area contributed by atoms with Gasteiger partial charge < -0.3 is 15.5 Å². The first-order valence-corrected chi connectivity index (χ1v) is 6.39. The summed E-state index contributed by atoms with van der Waals surface area (Å²) in [6, 6.07) is 0. The highest BCUT2D eigenvalue weighted by Crippen LogP contribution is 2.13. The number of likely N-dealkylation sites (N-methyl/N-ethyl adjacent to an activating group) is 1. The fourth-order valence-electron chi connectivity index (χ4n) is 2.11. The maximum Gasteiger partial charge on any atom is 0.239 e. The van der Waals surface area contributed by atoms with Crippen molar-refractivity contribution >= 4 is 11.8 Å². The van der Waals surface area contributed by atoms with E-state index < -0.39 is 0 Å². The zero-order valence-electron chi connectivity index (χ0n) is 10.8. The van der Waals surface area contributed by atoms with Crippen molar-refractivity contribution in [2.24, 2.45) is 5.92 Å². The van der Waals surface area contributed by atoms with Gasteiger partial charge >= 0.3 is 0 Å². The summed E-state index contributed by atoms with van der Waals surface area (Å²) in [6.07, 6.45) is 2.85. The second-order valence-electron chi connectivity index (χ2n) is 4.48. The molecule has 0 radical (unpaired) electrons. The molecule has 2 amide bonds. The van der Waals surface area contributed by atoms with Crippen LogP contribution in [-0.4, -0.2) is 49.9 Å². The van der Waals surface area contributed by atoms with Gasteiger partial charge in [-0.05, 0) is 25.8 Å². The molecule has 5 heteroatoms. The molecular formula is C12H23N3O2. The predicted octanol–water partition coefficient (Wildman–Crippen LogP) is -0.0294. The number of hydrogen-bond donors (Lipinski definition) is 2. The number of carbonyl (C=O) groups is 2. The first kappa shape index (κ1) is 14.0. The highest BCUT2D eigenvalue weighted by atomic mass is 16.2. The third kappa shape index (κ3) is 4.34. The van der Waals surface area contributed by atoms with Crippen LogP contribution < -0.4 is 10.6 Å². The Bertz CT molecular complexity index is 262. The molecule has 1 heterocycles. The van der Waals surface area contributed by atoms with Crippen LogP contribution in [0.5, 0.6) is 0 Å². The van der Waals surface area contributed by atoms with Gasteiger partial charge in [0.1, 0.15) is 0 Å². The Balaban J connectivity index is 2.55. The third-order valence-electron chi connectivity index (χ3n) is 3.06. The van der Waals surface area contributed by atoms with Crippen molar-refractivity contribution < 1.29 is 9.59 Å². The maximum absolute atomic E-state index is 12.2. The molecule has 0 saturated carbocycles. The van der Waals surface area contributed by atoms with Crippen LogP contribution in [0.4, 0.5) is 0 Å². The van der Waals surface area contributed by atoms with Crippen LogP contribution in [0.15, 0.2) is 0 Å². The van der Waals surface area contributed by atoms with Gasteiger partial charge in [0.15, 0.2) is 0 Å². The minimum absolute atomic E-state index is 0.0416. The van der Waals surface area contributed by atoms with Gasteiger partial charge in [0, 0.05) is 20.1 Å². The van der Waals surface area contributed by atoms with Crippen LogP contribution in [0.2, 0.25) is 0 Å². The molecule has 0 aromatic carbocycles. The maximum atomic E-state index is 12.2. The molecule has 0 spiro atoms. The Labute approximate surface area is 103 Å². The molecule has 1 atom stereocenters. The molecule has 1 unspecified atom stereocenters. The van der Waals surface area contributed by atoms with Crippen LogP contribution in [0.3, 0.4) is 0 Å². The lowest BCUT2D eigenvalue weighted by Gasteiger charge is -2.29. The van der Waals surface area contributed by atoms with E-state index in [9.17, 15) is 9.59 Å². The molecule has 1 aliphatic rings. The van der Waals surface area contributed by atoms with Gasteiger partial charge in [-0.3, -0.25) is 9.59 Å². The summed E-state index contributed by atoms with van der Waals surface area (Å²) in [6.45, 7) is 4.59. The van der Waals surface area contributed by atoms with Gasteiger partial charge in [0.25, 0.3) is 0 Å². The molecule has 0 aromatic rings. The largest absolute Gasteiger partial charge is 0.358 e. The molecule has 1 aliphatic heterocycles. The first-order valence-electron chi connectivity index (χ1n) is 6.39. The zero-order chi connectivity index (χ0) is 12.7. The predicted molar refractivity (Wildman–Crippen MR) is 66.5 cm³/mol. The Morgan fingerprint density at radius 1 is 1.47 bits per heavy atom.